The van der Waals surface area contributed by atoms with Crippen LogP contribution in [-0.2, 0) is 0 Å². The number of hydrogen-bond acceptors (Lipinski definition) is 5. The fourth-order valence-corrected chi connectivity index (χ4v) is 3.41. The van der Waals surface area contributed by atoms with Crippen LogP contribution in [0.1, 0.15) is 15.9 Å². The molecule has 132 valence electrons. The molecule has 0 spiro atoms. The summed E-state index contributed by atoms with van der Waals surface area (Å²) in [7, 11) is 0. The van der Waals surface area contributed by atoms with Crippen LogP contribution < -0.4 is 14.4 Å². The molecule has 1 amide bonds. The molecule has 6 nitrogen and oxygen atoms in total. The van der Waals surface area contributed by atoms with Gasteiger partial charge in [-0.15, -0.1) is 0 Å². The van der Waals surface area contributed by atoms with Gasteiger partial charge in [0.2, 0.25) is 6.79 Å². The van der Waals surface area contributed by atoms with E-state index in [-0.39, 0.29) is 12.7 Å². The number of nitrogens with zero attached hydrogens (tertiary/aromatic N) is 3. The van der Waals surface area contributed by atoms with Crippen molar-refractivity contribution in [2.24, 2.45) is 0 Å². The van der Waals surface area contributed by atoms with E-state index in [0.29, 0.717) is 53.8 Å². The van der Waals surface area contributed by atoms with Crippen LogP contribution >= 0.6 is 11.6 Å². The number of nitriles is 1. The van der Waals surface area contributed by atoms with Crippen LogP contribution in [0, 0.1) is 11.3 Å². The third-order valence-corrected chi connectivity index (χ3v) is 4.84. The monoisotopic (exact) mass is 369 g/mol. The average molecular weight is 370 g/mol. The molecule has 0 bridgehead atoms. The molecule has 26 heavy (non-hydrogen) atoms. The molecule has 2 heterocycles. The van der Waals surface area contributed by atoms with Gasteiger partial charge in [-0.2, -0.15) is 5.26 Å². The second-order valence-corrected chi connectivity index (χ2v) is 6.56. The van der Waals surface area contributed by atoms with Crippen LogP contribution in [-0.4, -0.2) is 43.8 Å². The summed E-state index contributed by atoms with van der Waals surface area (Å²) in [6.07, 6.45) is 0. The fourth-order valence-electron chi connectivity index (χ4n) is 3.24. The highest BCUT2D eigenvalue weighted by Gasteiger charge is 2.25. The van der Waals surface area contributed by atoms with E-state index in [1.165, 1.54) is 0 Å². The van der Waals surface area contributed by atoms with Crippen molar-refractivity contribution in [3.8, 4) is 17.6 Å². The van der Waals surface area contributed by atoms with Crippen LogP contribution in [0.5, 0.6) is 11.5 Å². The highest BCUT2D eigenvalue weighted by molar-refractivity contribution is 6.30. The van der Waals surface area contributed by atoms with Crippen molar-refractivity contribution < 1.29 is 14.3 Å². The first kappa shape index (κ1) is 16.6. The van der Waals surface area contributed by atoms with E-state index in [1.54, 1.807) is 30.3 Å². The number of ether oxygens (including phenoxy) is 2. The van der Waals surface area contributed by atoms with Crippen molar-refractivity contribution in [1.82, 2.24) is 4.90 Å². The predicted octanol–water partition coefficient (Wildman–Crippen LogP) is 2.90. The first-order valence-corrected chi connectivity index (χ1v) is 8.67. The first-order valence-electron chi connectivity index (χ1n) is 8.29. The van der Waals surface area contributed by atoms with Crippen molar-refractivity contribution in [3.63, 3.8) is 0 Å². The number of carbonyl (C=O) groups excluding carboxylic acids is 1. The van der Waals surface area contributed by atoms with E-state index in [2.05, 4.69) is 11.0 Å². The molecular formula is C19H16ClN3O3. The normalized spacial score (nSPS) is 15.7. The summed E-state index contributed by atoms with van der Waals surface area (Å²) < 4.78 is 10.6. The van der Waals surface area contributed by atoms with E-state index < -0.39 is 0 Å². The zero-order valence-electron chi connectivity index (χ0n) is 13.9. The average Bonchev–Trinajstić information content (AvgIpc) is 3.15. The van der Waals surface area contributed by atoms with Gasteiger partial charge >= 0.3 is 0 Å². The molecule has 0 radical (unpaired) electrons. The molecule has 0 atom stereocenters. The lowest BCUT2D eigenvalue weighted by Crippen LogP contribution is -2.49. The van der Waals surface area contributed by atoms with Crippen LogP contribution in [0.3, 0.4) is 0 Å². The maximum absolute atomic E-state index is 12.8. The summed E-state index contributed by atoms with van der Waals surface area (Å²) in [5, 5.41) is 9.86. The molecule has 7 heteroatoms. The fraction of sp³-hybridized carbons (Fsp3) is 0.263. The van der Waals surface area contributed by atoms with Crippen LogP contribution in [0.25, 0.3) is 0 Å². The minimum absolute atomic E-state index is 0.0282. The van der Waals surface area contributed by atoms with Gasteiger partial charge in [0.25, 0.3) is 5.91 Å². The van der Waals surface area contributed by atoms with Gasteiger partial charge in [0.1, 0.15) is 6.07 Å². The van der Waals surface area contributed by atoms with Crippen molar-refractivity contribution in [3.05, 3.63) is 52.5 Å². The minimum Gasteiger partial charge on any atom is -0.454 e. The number of halogens is 1. The van der Waals surface area contributed by atoms with Gasteiger partial charge in [0.15, 0.2) is 11.5 Å². The molecule has 0 aromatic heterocycles. The highest BCUT2D eigenvalue weighted by Crippen LogP contribution is 2.33. The topological polar surface area (TPSA) is 65.8 Å². The molecule has 0 unspecified atom stereocenters. The van der Waals surface area contributed by atoms with Gasteiger partial charge in [0.05, 0.1) is 11.3 Å². The van der Waals surface area contributed by atoms with E-state index in [0.717, 1.165) is 5.69 Å². The molecule has 4 rings (SSSR count). The SMILES string of the molecule is N#Cc1cc(Cl)ccc1N1CCN(C(=O)c2ccc3c(c2)OCO3)CC1. The Bertz CT molecular complexity index is 901. The number of carbonyl (C=O) groups is 1. The smallest absolute Gasteiger partial charge is 0.254 e. The first-order chi connectivity index (χ1) is 12.7. The van der Waals surface area contributed by atoms with Gasteiger partial charge in [-0.25, -0.2) is 0 Å². The van der Waals surface area contributed by atoms with Crippen molar-refractivity contribution in [2.45, 2.75) is 0 Å². The Balaban J connectivity index is 1.45. The Morgan fingerprint density at radius 1 is 1.04 bits per heavy atom. The summed E-state index contributed by atoms with van der Waals surface area (Å²) in [4.78, 5) is 16.7. The lowest BCUT2D eigenvalue weighted by atomic mass is 10.1. The molecule has 2 aliphatic heterocycles. The number of fused-ring (bicyclic) bond motifs is 1. The summed E-state index contributed by atoms with van der Waals surface area (Å²) >= 11 is 5.97. The number of benzene rings is 2. The number of hydrogen-bond donors (Lipinski definition) is 0. The van der Waals surface area contributed by atoms with Crippen LogP contribution in [0.2, 0.25) is 5.02 Å². The predicted molar refractivity (Wildman–Crippen MR) is 96.8 cm³/mol. The van der Waals surface area contributed by atoms with Gasteiger partial charge < -0.3 is 19.3 Å². The molecule has 0 N–H and O–H groups in total. The van der Waals surface area contributed by atoms with Crippen molar-refractivity contribution in [2.75, 3.05) is 37.9 Å². The van der Waals surface area contributed by atoms with E-state index in [4.69, 9.17) is 21.1 Å². The number of rotatable bonds is 2. The highest BCUT2D eigenvalue weighted by atomic mass is 35.5. The molecule has 2 aromatic rings. The molecule has 1 fully saturated rings. The summed E-state index contributed by atoms with van der Waals surface area (Å²) in [5.74, 6) is 1.24. The molecule has 0 aliphatic carbocycles. The van der Waals surface area contributed by atoms with Crippen LogP contribution in [0.4, 0.5) is 5.69 Å². The maximum atomic E-state index is 12.8. The van der Waals surface area contributed by atoms with Gasteiger partial charge in [-0.3, -0.25) is 4.79 Å². The van der Waals surface area contributed by atoms with Crippen molar-refractivity contribution >= 4 is 23.2 Å². The number of amides is 1. The number of anilines is 1. The molecule has 2 aromatic carbocycles. The Morgan fingerprint density at radius 2 is 1.81 bits per heavy atom. The van der Waals surface area contributed by atoms with Crippen molar-refractivity contribution in [1.29, 1.82) is 5.26 Å². The third kappa shape index (κ3) is 3.02. The zero-order valence-corrected chi connectivity index (χ0v) is 14.7. The van der Waals surface area contributed by atoms with Crippen LogP contribution in [0.15, 0.2) is 36.4 Å². The summed E-state index contributed by atoms with van der Waals surface area (Å²) in [6, 6.07) is 12.7. The van der Waals surface area contributed by atoms with E-state index in [1.807, 2.05) is 11.0 Å². The lowest BCUT2D eigenvalue weighted by Gasteiger charge is -2.36. The van der Waals surface area contributed by atoms with Gasteiger partial charge in [-0.05, 0) is 36.4 Å². The second kappa shape index (κ2) is 6.77. The molecular weight excluding hydrogens is 354 g/mol. The summed E-state index contributed by atoms with van der Waals surface area (Å²) in [5.41, 5.74) is 1.99. The third-order valence-electron chi connectivity index (χ3n) is 4.61. The molecule has 2 aliphatic rings. The molecule has 0 saturated carbocycles. The summed E-state index contributed by atoms with van der Waals surface area (Å²) in [6.45, 7) is 2.68. The standard InChI is InChI=1S/C19H16ClN3O3/c20-15-2-3-16(14(9-15)11-21)22-5-7-23(8-6-22)19(24)13-1-4-17-18(10-13)26-12-25-17/h1-4,9-10H,5-8,12H2. The Kier molecular flexibility index (Phi) is 4.31. The van der Waals surface area contributed by atoms with E-state index >= 15 is 0 Å². The Morgan fingerprint density at radius 3 is 2.58 bits per heavy atom. The van der Waals surface area contributed by atoms with E-state index in [9.17, 15) is 10.1 Å². The largest absolute Gasteiger partial charge is 0.454 e. The zero-order chi connectivity index (χ0) is 18.1. The Labute approximate surface area is 156 Å². The molecule has 1 saturated heterocycles. The second-order valence-electron chi connectivity index (χ2n) is 6.12. The lowest BCUT2D eigenvalue weighted by molar-refractivity contribution is 0.0746. The van der Waals surface area contributed by atoms with Gasteiger partial charge in [0, 0.05) is 36.8 Å². The number of piperazine rings is 1. The van der Waals surface area contributed by atoms with Gasteiger partial charge in [-0.1, -0.05) is 11.6 Å². The quantitative estimate of drug-likeness (QED) is 0.814. The maximum Gasteiger partial charge on any atom is 0.254 e. The minimum atomic E-state index is -0.0282. The Hall–Kier alpha value is -2.91.